The van der Waals surface area contributed by atoms with Crippen molar-refractivity contribution < 1.29 is 28.2 Å². The van der Waals surface area contributed by atoms with E-state index in [1.165, 1.54) is 6.07 Å². The third kappa shape index (κ3) is 2.07. The lowest BCUT2D eigenvalue weighted by atomic mass is 9.88. The number of ether oxygens (including phenoxy) is 2. The first-order chi connectivity index (χ1) is 9.37. The number of likely N-dealkylation sites (tertiary alicyclic amines) is 1. The van der Waals surface area contributed by atoms with Crippen LogP contribution in [0, 0.1) is 5.92 Å². The van der Waals surface area contributed by atoms with E-state index in [-0.39, 0.29) is 11.5 Å². The predicted octanol–water partition coefficient (Wildman–Crippen LogP) is 1.74. The molecule has 0 aliphatic carbocycles. The molecule has 0 saturated carbocycles. The van der Waals surface area contributed by atoms with E-state index in [9.17, 15) is 18.7 Å². The van der Waals surface area contributed by atoms with Gasteiger partial charge in [0.15, 0.2) is 11.5 Å². The molecule has 0 spiro atoms. The molecule has 2 unspecified atom stereocenters. The number of halogens is 2. The Balaban J connectivity index is 2.00. The van der Waals surface area contributed by atoms with Crippen molar-refractivity contribution in [2.24, 2.45) is 5.92 Å². The predicted molar refractivity (Wildman–Crippen MR) is 64.0 cm³/mol. The van der Waals surface area contributed by atoms with Crippen LogP contribution in [0.1, 0.15) is 11.5 Å². The fourth-order valence-corrected chi connectivity index (χ4v) is 2.85. The monoisotopic (exact) mass is 285 g/mol. The van der Waals surface area contributed by atoms with Gasteiger partial charge >= 0.3 is 12.3 Å². The molecule has 2 heterocycles. The highest BCUT2D eigenvalue weighted by atomic mass is 19.3. The molecule has 1 aromatic rings. The van der Waals surface area contributed by atoms with Crippen LogP contribution in [-0.2, 0) is 4.79 Å². The van der Waals surface area contributed by atoms with Crippen LogP contribution in [0.2, 0.25) is 0 Å². The molecule has 20 heavy (non-hydrogen) atoms. The normalized spacial score (nSPS) is 27.8. The van der Waals surface area contributed by atoms with Crippen molar-refractivity contribution in [1.82, 2.24) is 4.90 Å². The van der Waals surface area contributed by atoms with Crippen molar-refractivity contribution in [2.45, 2.75) is 12.2 Å². The van der Waals surface area contributed by atoms with Gasteiger partial charge in [0.05, 0.1) is 5.92 Å². The first-order valence-electron chi connectivity index (χ1n) is 6.17. The Morgan fingerprint density at radius 1 is 1.40 bits per heavy atom. The average molecular weight is 285 g/mol. The minimum Gasteiger partial charge on any atom is -0.481 e. The van der Waals surface area contributed by atoms with Gasteiger partial charge in [0.2, 0.25) is 0 Å². The van der Waals surface area contributed by atoms with E-state index in [0.717, 1.165) is 0 Å². The number of hydrogen-bond acceptors (Lipinski definition) is 4. The number of carboxylic acids is 1. The van der Waals surface area contributed by atoms with Crippen LogP contribution in [0.4, 0.5) is 8.78 Å². The molecule has 3 rings (SSSR count). The number of likely N-dealkylation sites (N-methyl/N-ethyl adjacent to an activating group) is 1. The molecular formula is C13H13F2NO4. The number of nitrogens with zero attached hydrogens (tertiary/aromatic N) is 1. The van der Waals surface area contributed by atoms with Crippen molar-refractivity contribution in [3.8, 4) is 11.5 Å². The average Bonchev–Trinajstić information content (AvgIpc) is 2.86. The lowest BCUT2D eigenvalue weighted by Gasteiger charge is -2.16. The molecule has 7 heteroatoms. The number of aliphatic carboxylic acids is 1. The lowest BCUT2D eigenvalue weighted by Crippen LogP contribution is -2.26. The van der Waals surface area contributed by atoms with E-state index in [4.69, 9.17) is 0 Å². The second-order valence-corrected chi connectivity index (χ2v) is 5.11. The molecule has 1 saturated heterocycles. The largest absolute Gasteiger partial charge is 0.586 e. The van der Waals surface area contributed by atoms with Gasteiger partial charge in [-0.1, -0.05) is 12.1 Å². The minimum atomic E-state index is -3.69. The van der Waals surface area contributed by atoms with E-state index < -0.39 is 24.1 Å². The van der Waals surface area contributed by atoms with Gasteiger partial charge in [-0.05, 0) is 13.1 Å². The molecule has 1 N–H and O–H groups in total. The number of hydrogen-bond donors (Lipinski definition) is 1. The molecule has 2 aliphatic rings. The molecule has 0 radical (unpaired) electrons. The van der Waals surface area contributed by atoms with Gasteiger partial charge in [0.1, 0.15) is 0 Å². The summed E-state index contributed by atoms with van der Waals surface area (Å²) in [7, 11) is 1.80. The highest BCUT2D eigenvalue weighted by Gasteiger charge is 2.47. The molecule has 5 nitrogen and oxygen atoms in total. The third-order valence-electron chi connectivity index (χ3n) is 3.68. The van der Waals surface area contributed by atoms with Gasteiger partial charge in [0.25, 0.3) is 0 Å². The summed E-state index contributed by atoms with van der Waals surface area (Å²) in [5.41, 5.74) is 0.455. The van der Waals surface area contributed by atoms with E-state index in [2.05, 4.69) is 9.47 Å². The summed E-state index contributed by atoms with van der Waals surface area (Å²) in [5.74, 6) is -2.09. The summed E-state index contributed by atoms with van der Waals surface area (Å²) < 4.78 is 35.3. The number of alkyl halides is 2. The van der Waals surface area contributed by atoms with Crippen LogP contribution >= 0.6 is 0 Å². The standard InChI is InChI=1S/C13H13F2NO4/c1-16-5-8(9(6-16)12(17)18)7-3-2-4-10-11(7)20-13(14,15)19-10/h2-4,8-9H,5-6H2,1H3,(H,17,18). The number of rotatable bonds is 2. The molecule has 0 bridgehead atoms. The van der Waals surface area contributed by atoms with E-state index in [1.807, 2.05) is 4.90 Å². The number of benzene rings is 1. The number of para-hydroxylation sites is 1. The molecular weight excluding hydrogens is 272 g/mol. The van der Waals surface area contributed by atoms with Gasteiger partial charge in [-0.3, -0.25) is 4.79 Å². The van der Waals surface area contributed by atoms with Gasteiger partial charge in [-0.25, -0.2) is 0 Å². The second-order valence-electron chi connectivity index (χ2n) is 5.11. The Labute approximate surface area is 113 Å². The SMILES string of the molecule is CN1CC(C(=O)O)C(c2cccc3c2OC(F)(F)O3)C1. The summed E-state index contributed by atoms with van der Waals surface area (Å²) in [6, 6.07) is 4.56. The smallest absolute Gasteiger partial charge is 0.481 e. The third-order valence-corrected chi connectivity index (χ3v) is 3.68. The Morgan fingerprint density at radius 3 is 2.85 bits per heavy atom. The maximum absolute atomic E-state index is 13.2. The van der Waals surface area contributed by atoms with Crippen LogP contribution in [0.5, 0.6) is 11.5 Å². The first kappa shape index (κ1) is 13.1. The van der Waals surface area contributed by atoms with Crippen LogP contribution in [0.15, 0.2) is 18.2 Å². The summed E-state index contributed by atoms with van der Waals surface area (Å²) in [6.45, 7) is 0.850. The summed E-state index contributed by atoms with van der Waals surface area (Å²) in [5, 5.41) is 9.27. The number of carbonyl (C=O) groups is 1. The van der Waals surface area contributed by atoms with Crippen LogP contribution < -0.4 is 9.47 Å². The number of fused-ring (bicyclic) bond motifs is 1. The Hall–Kier alpha value is -1.89. The van der Waals surface area contributed by atoms with E-state index >= 15 is 0 Å². The highest BCUT2D eigenvalue weighted by molar-refractivity contribution is 5.73. The van der Waals surface area contributed by atoms with Gasteiger partial charge in [-0.2, -0.15) is 0 Å². The van der Waals surface area contributed by atoms with Gasteiger partial charge in [0, 0.05) is 24.6 Å². The zero-order valence-corrected chi connectivity index (χ0v) is 10.7. The lowest BCUT2D eigenvalue weighted by molar-refractivity contribution is -0.287. The molecule has 0 amide bonds. The van der Waals surface area contributed by atoms with Crippen LogP contribution in [0.3, 0.4) is 0 Å². The topological polar surface area (TPSA) is 59.0 Å². The number of carboxylic acid groups (broad SMARTS) is 1. The fourth-order valence-electron chi connectivity index (χ4n) is 2.85. The Morgan fingerprint density at radius 2 is 2.15 bits per heavy atom. The Kier molecular flexibility index (Phi) is 2.82. The quantitative estimate of drug-likeness (QED) is 0.897. The molecule has 0 aromatic heterocycles. The van der Waals surface area contributed by atoms with Gasteiger partial charge < -0.3 is 19.5 Å². The van der Waals surface area contributed by atoms with Crippen LogP contribution in [0.25, 0.3) is 0 Å². The fraction of sp³-hybridized carbons (Fsp3) is 0.462. The summed E-state index contributed by atoms with van der Waals surface area (Å²) in [4.78, 5) is 13.2. The zero-order valence-electron chi connectivity index (χ0n) is 10.7. The maximum atomic E-state index is 13.2. The van der Waals surface area contributed by atoms with Crippen LogP contribution in [-0.4, -0.2) is 42.4 Å². The first-order valence-corrected chi connectivity index (χ1v) is 6.17. The molecule has 2 atom stereocenters. The van der Waals surface area contributed by atoms with Crippen molar-refractivity contribution in [3.63, 3.8) is 0 Å². The second kappa shape index (κ2) is 4.31. The molecule has 1 fully saturated rings. The van der Waals surface area contributed by atoms with Crippen molar-refractivity contribution >= 4 is 5.97 Å². The Bertz CT molecular complexity index is 563. The summed E-state index contributed by atoms with van der Waals surface area (Å²) in [6.07, 6.45) is -3.69. The molecule has 1 aromatic carbocycles. The highest BCUT2D eigenvalue weighted by Crippen LogP contribution is 2.48. The maximum Gasteiger partial charge on any atom is 0.586 e. The summed E-state index contributed by atoms with van der Waals surface area (Å²) >= 11 is 0. The minimum absolute atomic E-state index is 0.0498. The molecule has 108 valence electrons. The van der Waals surface area contributed by atoms with E-state index in [1.54, 1.807) is 19.2 Å². The van der Waals surface area contributed by atoms with E-state index in [0.29, 0.717) is 18.7 Å². The molecule has 2 aliphatic heterocycles. The van der Waals surface area contributed by atoms with Crippen molar-refractivity contribution in [2.75, 3.05) is 20.1 Å². The van der Waals surface area contributed by atoms with Crippen molar-refractivity contribution in [3.05, 3.63) is 23.8 Å². The van der Waals surface area contributed by atoms with Gasteiger partial charge in [-0.15, -0.1) is 8.78 Å². The van der Waals surface area contributed by atoms with Crippen molar-refractivity contribution in [1.29, 1.82) is 0 Å². The zero-order chi connectivity index (χ0) is 14.5.